The standard InChI is InChI=1S/C29H27F2N7O3S/c1-16-10-18-12-24(35-23(18)13-22(16)36-42-37-6-8-40-9-7-37)27(39)19-14-34-38(29(19)32)25-15-33-26(11-17(25)2)41-28-20(30)4-3-5-21(28)31/h3-5,10-15,35-36H,6-9,32H2,1-2H3. The first-order valence-electron chi connectivity index (χ1n) is 13.1. The summed E-state index contributed by atoms with van der Waals surface area (Å²) in [4.78, 5) is 20.8. The van der Waals surface area contributed by atoms with Crippen molar-refractivity contribution in [1.29, 1.82) is 0 Å². The van der Waals surface area contributed by atoms with Crippen molar-refractivity contribution in [3.8, 4) is 17.3 Å². The number of para-hydroxylation sites is 1. The van der Waals surface area contributed by atoms with Crippen LogP contribution in [0.3, 0.4) is 0 Å². The van der Waals surface area contributed by atoms with Gasteiger partial charge in [-0.05, 0) is 55.3 Å². The van der Waals surface area contributed by atoms with Gasteiger partial charge in [-0.2, -0.15) is 5.10 Å². The summed E-state index contributed by atoms with van der Waals surface area (Å²) < 4.78 is 45.7. The highest BCUT2D eigenvalue weighted by molar-refractivity contribution is 7.98. The quantitative estimate of drug-likeness (QED) is 0.157. The maximum Gasteiger partial charge on any atom is 0.219 e. The molecular formula is C29H27F2N7O3S. The van der Waals surface area contributed by atoms with Crippen LogP contribution in [0, 0.1) is 25.5 Å². The lowest BCUT2D eigenvalue weighted by molar-refractivity contribution is 0.0775. The van der Waals surface area contributed by atoms with Crippen LogP contribution in [-0.4, -0.2) is 56.1 Å². The molecular weight excluding hydrogens is 564 g/mol. The third-order valence-electron chi connectivity index (χ3n) is 6.93. The van der Waals surface area contributed by atoms with Gasteiger partial charge in [0.2, 0.25) is 17.4 Å². The number of aryl methyl sites for hydroxylation is 2. The molecule has 0 radical (unpaired) electrons. The van der Waals surface area contributed by atoms with Gasteiger partial charge in [-0.25, -0.2) is 22.8 Å². The highest BCUT2D eigenvalue weighted by Crippen LogP contribution is 2.31. The predicted molar refractivity (Wildman–Crippen MR) is 157 cm³/mol. The summed E-state index contributed by atoms with van der Waals surface area (Å²) >= 11 is 1.54. The molecule has 1 fully saturated rings. The molecule has 4 heterocycles. The van der Waals surface area contributed by atoms with Gasteiger partial charge in [0.1, 0.15) is 5.82 Å². The minimum Gasteiger partial charge on any atom is -0.433 e. The van der Waals surface area contributed by atoms with Crippen LogP contribution in [0.5, 0.6) is 11.6 Å². The number of anilines is 2. The molecule has 42 heavy (non-hydrogen) atoms. The largest absolute Gasteiger partial charge is 0.433 e. The number of nitrogen functional groups attached to an aromatic ring is 1. The van der Waals surface area contributed by atoms with Crippen LogP contribution in [-0.2, 0) is 4.74 Å². The van der Waals surface area contributed by atoms with E-state index in [9.17, 15) is 13.6 Å². The number of rotatable bonds is 8. The second-order valence-corrected chi connectivity index (χ2v) is 10.7. The Morgan fingerprint density at radius 1 is 1.10 bits per heavy atom. The van der Waals surface area contributed by atoms with E-state index in [4.69, 9.17) is 15.2 Å². The minimum absolute atomic E-state index is 0.00662. The average molecular weight is 592 g/mol. The van der Waals surface area contributed by atoms with Crippen molar-refractivity contribution in [2.24, 2.45) is 0 Å². The number of H-pyrrole nitrogens is 1. The van der Waals surface area contributed by atoms with Crippen molar-refractivity contribution >= 4 is 40.3 Å². The summed E-state index contributed by atoms with van der Waals surface area (Å²) in [6.07, 6.45) is 2.81. The molecule has 13 heteroatoms. The Kier molecular flexibility index (Phi) is 7.54. The molecule has 0 atom stereocenters. The molecule has 0 spiro atoms. The van der Waals surface area contributed by atoms with Gasteiger partial charge in [0.25, 0.3) is 0 Å². The number of nitrogens with two attached hydrogens (primary N) is 1. The van der Waals surface area contributed by atoms with E-state index >= 15 is 0 Å². The fourth-order valence-electron chi connectivity index (χ4n) is 4.63. The van der Waals surface area contributed by atoms with Crippen molar-refractivity contribution in [2.45, 2.75) is 13.8 Å². The number of ether oxygens (including phenoxy) is 2. The lowest BCUT2D eigenvalue weighted by Crippen LogP contribution is -2.32. The monoisotopic (exact) mass is 591 g/mol. The number of carbonyl (C=O) groups excluding carboxylic acids is 1. The van der Waals surface area contributed by atoms with Gasteiger partial charge in [0, 0.05) is 42.2 Å². The number of hydrogen-bond donors (Lipinski definition) is 3. The number of fused-ring (bicyclic) bond motifs is 1. The first-order valence-corrected chi connectivity index (χ1v) is 13.9. The zero-order valence-electron chi connectivity index (χ0n) is 22.8. The van der Waals surface area contributed by atoms with Gasteiger partial charge in [0.05, 0.1) is 48.2 Å². The topological polar surface area (TPSA) is 123 Å². The normalized spacial score (nSPS) is 13.9. The molecule has 6 rings (SSSR count). The number of nitrogens with one attached hydrogen (secondary N) is 2. The maximum absolute atomic E-state index is 14.0. The van der Waals surface area contributed by atoms with E-state index in [2.05, 4.69) is 24.1 Å². The van der Waals surface area contributed by atoms with Crippen LogP contribution in [0.25, 0.3) is 16.6 Å². The predicted octanol–water partition coefficient (Wildman–Crippen LogP) is 5.56. The Morgan fingerprint density at radius 2 is 1.86 bits per heavy atom. The number of aromatic nitrogens is 4. The van der Waals surface area contributed by atoms with Crippen LogP contribution < -0.4 is 15.2 Å². The van der Waals surface area contributed by atoms with Gasteiger partial charge < -0.3 is 24.9 Å². The van der Waals surface area contributed by atoms with Gasteiger partial charge in [-0.15, -0.1) is 0 Å². The maximum atomic E-state index is 14.0. The smallest absolute Gasteiger partial charge is 0.219 e. The molecule has 0 saturated carbocycles. The SMILES string of the molecule is Cc1cc2cc(C(=O)c3cnn(-c4cnc(Oc5c(F)cccc5F)cc4C)c3N)[nH]c2cc1NSN1CCOCC1. The second-order valence-electron chi connectivity index (χ2n) is 9.82. The molecule has 0 amide bonds. The molecule has 10 nitrogen and oxygen atoms in total. The number of halogens is 2. The molecule has 0 aliphatic carbocycles. The summed E-state index contributed by atoms with van der Waals surface area (Å²) in [5.74, 6) is -2.43. The fourth-order valence-corrected chi connectivity index (χ4v) is 5.41. The van der Waals surface area contributed by atoms with Gasteiger partial charge in [-0.1, -0.05) is 6.07 Å². The van der Waals surface area contributed by atoms with E-state index in [1.54, 1.807) is 13.0 Å². The molecule has 5 aromatic rings. The minimum atomic E-state index is -0.843. The molecule has 1 saturated heterocycles. The van der Waals surface area contributed by atoms with E-state index in [0.29, 0.717) is 30.2 Å². The Balaban J connectivity index is 1.21. The van der Waals surface area contributed by atoms with Crippen LogP contribution in [0.4, 0.5) is 20.3 Å². The van der Waals surface area contributed by atoms with Crippen molar-refractivity contribution in [3.05, 3.63) is 88.9 Å². The molecule has 3 aromatic heterocycles. The number of carbonyl (C=O) groups is 1. The Hall–Kier alpha value is -4.46. The zero-order chi connectivity index (χ0) is 29.4. The third-order valence-corrected chi connectivity index (χ3v) is 7.86. The van der Waals surface area contributed by atoms with Crippen molar-refractivity contribution in [3.63, 3.8) is 0 Å². The number of benzene rings is 2. The number of nitrogens with zero attached hydrogens (tertiary/aromatic N) is 4. The van der Waals surface area contributed by atoms with Gasteiger partial charge >= 0.3 is 0 Å². The molecule has 0 unspecified atom stereocenters. The first kappa shape index (κ1) is 27.7. The Labute approximate surface area is 244 Å². The van der Waals surface area contributed by atoms with E-state index in [1.165, 1.54) is 41.3 Å². The molecule has 4 N–H and O–H groups in total. The van der Waals surface area contributed by atoms with E-state index < -0.39 is 17.4 Å². The fraction of sp³-hybridized carbons (Fsp3) is 0.207. The van der Waals surface area contributed by atoms with Gasteiger partial charge in [-0.3, -0.25) is 4.79 Å². The highest BCUT2D eigenvalue weighted by atomic mass is 32.2. The van der Waals surface area contributed by atoms with Crippen LogP contribution in [0.2, 0.25) is 0 Å². The number of morpholine rings is 1. The second kappa shape index (κ2) is 11.4. The highest BCUT2D eigenvalue weighted by Gasteiger charge is 2.22. The van der Waals surface area contributed by atoms with Crippen molar-refractivity contribution in [1.82, 2.24) is 24.1 Å². The van der Waals surface area contributed by atoms with Crippen molar-refractivity contribution in [2.75, 3.05) is 36.8 Å². The zero-order valence-corrected chi connectivity index (χ0v) is 23.6. The van der Waals surface area contributed by atoms with Crippen molar-refractivity contribution < 1.29 is 23.0 Å². The third kappa shape index (κ3) is 5.41. The molecule has 2 aromatic carbocycles. The van der Waals surface area contributed by atoms with E-state index in [-0.39, 0.29) is 23.0 Å². The molecule has 0 bridgehead atoms. The molecule has 1 aliphatic rings. The average Bonchev–Trinajstić information content (AvgIpc) is 3.57. The van der Waals surface area contributed by atoms with Crippen LogP contribution in [0.15, 0.2) is 54.9 Å². The van der Waals surface area contributed by atoms with Crippen LogP contribution in [0.1, 0.15) is 27.2 Å². The number of ketones is 1. The summed E-state index contributed by atoms with van der Waals surface area (Å²) in [6.45, 7) is 6.86. The Morgan fingerprint density at radius 3 is 2.60 bits per heavy atom. The lowest BCUT2D eigenvalue weighted by Gasteiger charge is -2.25. The summed E-state index contributed by atoms with van der Waals surface area (Å²) in [6, 6.07) is 10.7. The number of aromatic amines is 1. The Bertz CT molecular complexity index is 1780. The van der Waals surface area contributed by atoms with E-state index in [1.807, 2.05) is 19.1 Å². The number of pyridine rings is 1. The van der Waals surface area contributed by atoms with E-state index in [0.717, 1.165) is 47.4 Å². The van der Waals surface area contributed by atoms with Gasteiger partial charge in [0.15, 0.2) is 11.6 Å². The summed E-state index contributed by atoms with van der Waals surface area (Å²) in [5.41, 5.74) is 10.9. The first-order chi connectivity index (χ1) is 20.3. The van der Waals surface area contributed by atoms with Crippen LogP contribution >= 0.6 is 12.1 Å². The lowest BCUT2D eigenvalue weighted by atomic mass is 10.1. The molecule has 216 valence electrons. The molecule has 1 aliphatic heterocycles. The number of hydrogen-bond acceptors (Lipinski definition) is 9. The summed E-state index contributed by atoms with van der Waals surface area (Å²) in [7, 11) is 0. The summed E-state index contributed by atoms with van der Waals surface area (Å²) in [5, 5.41) is 5.21.